The summed E-state index contributed by atoms with van der Waals surface area (Å²) in [6.07, 6.45) is 5.77. The highest BCUT2D eigenvalue weighted by molar-refractivity contribution is 8.00. The van der Waals surface area contributed by atoms with Gasteiger partial charge in [-0.1, -0.05) is 63.6 Å². The third-order valence-corrected chi connectivity index (χ3v) is 5.55. The molecular weight excluding hydrogens is 312 g/mol. The Hall–Kier alpha value is -1.32. The summed E-state index contributed by atoms with van der Waals surface area (Å²) in [5.74, 6) is 0. The van der Waals surface area contributed by atoms with E-state index in [1.54, 1.807) is 0 Å². The number of nitrogens with zero attached hydrogens (tertiary/aromatic N) is 2. The van der Waals surface area contributed by atoms with Gasteiger partial charge in [-0.2, -0.15) is 0 Å². The first-order chi connectivity index (χ1) is 11.5. The van der Waals surface area contributed by atoms with Crippen molar-refractivity contribution in [3.8, 4) is 0 Å². The highest BCUT2D eigenvalue weighted by atomic mass is 32.2. The maximum Gasteiger partial charge on any atom is 0.101 e. The molecule has 2 heterocycles. The predicted octanol–water partition coefficient (Wildman–Crippen LogP) is 5.70. The molecule has 1 atom stereocenters. The Morgan fingerprint density at radius 2 is 1.88 bits per heavy atom. The van der Waals surface area contributed by atoms with E-state index < -0.39 is 0 Å². The Labute approximate surface area is 150 Å². The van der Waals surface area contributed by atoms with E-state index in [1.807, 2.05) is 18.0 Å². The van der Waals surface area contributed by atoms with Crippen molar-refractivity contribution in [3.63, 3.8) is 0 Å². The van der Waals surface area contributed by atoms with Gasteiger partial charge in [0.25, 0.3) is 0 Å². The van der Waals surface area contributed by atoms with Gasteiger partial charge in [-0.3, -0.25) is 4.90 Å². The molecule has 2 aromatic rings. The molecule has 1 aromatic heterocycles. The van der Waals surface area contributed by atoms with Gasteiger partial charge in [0.05, 0.1) is 0 Å². The molecule has 0 amide bonds. The van der Waals surface area contributed by atoms with Crippen molar-refractivity contribution in [2.45, 2.75) is 62.4 Å². The monoisotopic (exact) mass is 340 g/mol. The van der Waals surface area contributed by atoms with Crippen molar-refractivity contribution in [3.05, 3.63) is 59.8 Å². The molecule has 0 bridgehead atoms. The number of thioether (sulfide) groups is 1. The first-order valence-electron chi connectivity index (χ1n) is 8.95. The third-order valence-electron chi connectivity index (χ3n) is 4.40. The molecule has 2 nitrogen and oxygen atoms in total. The van der Waals surface area contributed by atoms with Gasteiger partial charge in [0.15, 0.2) is 0 Å². The predicted molar refractivity (Wildman–Crippen MR) is 103 cm³/mol. The van der Waals surface area contributed by atoms with Crippen molar-refractivity contribution in [1.82, 2.24) is 9.88 Å². The van der Waals surface area contributed by atoms with Gasteiger partial charge in [-0.15, -0.1) is 11.8 Å². The first-order valence-corrected chi connectivity index (χ1v) is 9.76. The molecule has 3 rings (SSSR count). The number of hydrogen-bond donors (Lipinski definition) is 0. The number of pyridine rings is 1. The second-order valence-electron chi connectivity index (χ2n) is 7.58. The first kappa shape index (κ1) is 17.5. The Morgan fingerprint density at radius 1 is 1.08 bits per heavy atom. The molecule has 1 aliphatic heterocycles. The number of benzene rings is 1. The van der Waals surface area contributed by atoms with Crippen LogP contribution in [0.4, 0.5) is 0 Å². The van der Waals surface area contributed by atoms with Crippen LogP contribution in [0.5, 0.6) is 0 Å². The Bertz CT molecular complexity index is 648. The Kier molecular flexibility index (Phi) is 5.62. The van der Waals surface area contributed by atoms with E-state index in [1.165, 1.54) is 42.0 Å². The van der Waals surface area contributed by atoms with Crippen molar-refractivity contribution in [2.24, 2.45) is 0 Å². The number of rotatable bonds is 4. The normalized spacial score (nSPS) is 19.4. The third kappa shape index (κ3) is 4.61. The number of piperidine rings is 1. The van der Waals surface area contributed by atoms with Crippen LogP contribution >= 0.6 is 11.8 Å². The molecule has 1 aliphatic rings. The van der Waals surface area contributed by atoms with Gasteiger partial charge in [-0.25, -0.2) is 4.98 Å². The fourth-order valence-electron chi connectivity index (χ4n) is 3.38. The van der Waals surface area contributed by atoms with Gasteiger partial charge in [0, 0.05) is 29.1 Å². The topological polar surface area (TPSA) is 16.1 Å². The van der Waals surface area contributed by atoms with E-state index in [-0.39, 0.29) is 4.75 Å². The summed E-state index contributed by atoms with van der Waals surface area (Å²) in [4.78, 5) is 7.36. The average Bonchev–Trinajstić information content (AvgIpc) is 2.56. The molecule has 0 radical (unpaired) electrons. The Morgan fingerprint density at radius 3 is 2.62 bits per heavy atom. The molecule has 0 spiro atoms. The summed E-state index contributed by atoms with van der Waals surface area (Å²) in [5, 5.41) is 1.20. The summed E-state index contributed by atoms with van der Waals surface area (Å²) in [7, 11) is 0. The number of likely N-dealkylation sites (tertiary alicyclic amines) is 1. The van der Waals surface area contributed by atoms with E-state index in [0.717, 1.165) is 6.54 Å². The molecule has 0 saturated carbocycles. The molecule has 0 aliphatic carbocycles. The minimum absolute atomic E-state index is 0.183. The maximum absolute atomic E-state index is 4.72. The van der Waals surface area contributed by atoms with Crippen molar-refractivity contribution >= 4 is 11.8 Å². The van der Waals surface area contributed by atoms with Crippen LogP contribution in [0.2, 0.25) is 0 Å². The summed E-state index contributed by atoms with van der Waals surface area (Å²) >= 11 is 1.89. The minimum atomic E-state index is 0.183. The van der Waals surface area contributed by atoms with Crippen LogP contribution in [-0.2, 0) is 6.54 Å². The second-order valence-corrected chi connectivity index (χ2v) is 9.40. The minimum Gasteiger partial charge on any atom is -0.292 e. The fraction of sp³-hybridized carbons (Fsp3) is 0.476. The molecular formula is C21H28N2S. The van der Waals surface area contributed by atoms with Crippen LogP contribution in [0.3, 0.4) is 0 Å². The van der Waals surface area contributed by atoms with E-state index in [4.69, 9.17) is 4.98 Å². The zero-order valence-corrected chi connectivity index (χ0v) is 15.9. The smallest absolute Gasteiger partial charge is 0.101 e. The van der Waals surface area contributed by atoms with E-state index in [2.05, 4.69) is 68.1 Å². The lowest BCUT2D eigenvalue weighted by Gasteiger charge is -2.37. The van der Waals surface area contributed by atoms with Gasteiger partial charge >= 0.3 is 0 Å². The second kappa shape index (κ2) is 7.71. The van der Waals surface area contributed by atoms with E-state index >= 15 is 0 Å². The zero-order valence-electron chi connectivity index (χ0n) is 15.0. The van der Waals surface area contributed by atoms with E-state index in [9.17, 15) is 0 Å². The highest BCUT2D eigenvalue weighted by Gasteiger charge is 2.27. The van der Waals surface area contributed by atoms with Crippen LogP contribution in [0.15, 0.2) is 53.7 Å². The van der Waals surface area contributed by atoms with Crippen LogP contribution in [0.25, 0.3) is 0 Å². The SMILES string of the molecule is CC(C)(C)Sc1ncccc1[C@@H]1CCCCN1Cc1ccccc1. The molecule has 3 heteroatoms. The molecule has 0 N–H and O–H groups in total. The molecule has 1 saturated heterocycles. The fourth-order valence-corrected chi connectivity index (χ4v) is 4.40. The molecule has 0 unspecified atom stereocenters. The number of hydrogen-bond acceptors (Lipinski definition) is 3. The zero-order chi connectivity index (χ0) is 17.0. The molecule has 24 heavy (non-hydrogen) atoms. The highest BCUT2D eigenvalue weighted by Crippen LogP contribution is 2.40. The van der Waals surface area contributed by atoms with Gasteiger partial charge in [0.2, 0.25) is 0 Å². The van der Waals surface area contributed by atoms with Gasteiger partial charge in [0.1, 0.15) is 5.03 Å². The van der Waals surface area contributed by atoms with Crippen molar-refractivity contribution < 1.29 is 0 Å². The van der Waals surface area contributed by atoms with Crippen LogP contribution in [0.1, 0.15) is 57.2 Å². The summed E-state index contributed by atoms with van der Waals surface area (Å²) in [6.45, 7) is 8.99. The molecule has 1 fully saturated rings. The van der Waals surface area contributed by atoms with Crippen LogP contribution in [-0.4, -0.2) is 21.2 Å². The largest absolute Gasteiger partial charge is 0.292 e. The lowest BCUT2D eigenvalue weighted by atomic mass is 9.95. The van der Waals surface area contributed by atoms with Gasteiger partial charge < -0.3 is 0 Å². The Balaban J connectivity index is 1.85. The summed E-state index contributed by atoms with van der Waals surface area (Å²) in [6, 6.07) is 15.7. The van der Waals surface area contributed by atoms with Gasteiger partial charge in [-0.05, 0) is 31.0 Å². The lowest BCUT2D eigenvalue weighted by molar-refractivity contribution is 0.138. The van der Waals surface area contributed by atoms with E-state index in [0.29, 0.717) is 6.04 Å². The maximum atomic E-state index is 4.72. The quantitative estimate of drug-likeness (QED) is 0.664. The molecule has 1 aromatic carbocycles. The number of aromatic nitrogens is 1. The summed E-state index contributed by atoms with van der Waals surface area (Å²) in [5.41, 5.74) is 2.81. The van der Waals surface area contributed by atoms with Crippen LogP contribution < -0.4 is 0 Å². The van der Waals surface area contributed by atoms with Crippen molar-refractivity contribution in [2.75, 3.05) is 6.54 Å². The van der Waals surface area contributed by atoms with Crippen molar-refractivity contribution in [1.29, 1.82) is 0 Å². The standard InChI is InChI=1S/C21H28N2S/c1-21(2,3)24-20-18(12-9-14-22-20)19-13-7-8-15-23(19)16-17-10-5-4-6-11-17/h4-6,9-12,14,19H,7-8,13,15-16H2,1-3H3/t19-/m0/s1. The van der Waals surface area contributed by atoms with Crippen LogP contribution in [0, 0.1) is 0 Å². The lowest BCUT2D eigenvalue weighted by Crippen LogP contribution is -2.33. The average molecular weight is 341 g/mol. The summed E-state index contributed by atoms with van der Waals surface area (Å²) < 4.78 is 0.183. The molecule has 128 valence electrons.